The van der Waals surface area contributed by atoms with Gasteiger partial charge in [-0.1, -0.05) is 12.2 Å². The van der Waals surface area contributed by atoms with Crippen molar-refractivity contribution in [2.75, 3.05) is 0 Å². The number of pyridine rings is 1. The topological polar surface area (TPSA) is 50.7 Å². The molecule has 0 amide bonds. The molecular formula is C15H17N3OS. The van der Waals surface area contributed by atoms with Crippen molar-refractivity contribution in [1.29, 1.82) is 0 Å². The van der Waals surface area contributed by atoms with Crippen LogP contribution in [0.5, 0.6) is 0 Å². The first-order chi connectivity index (χ1) is 9.56. The van der Waals surface area contributed by atoms with Crippen molar-refractivity contribution in [1.82, 2.24) is 14.5 Å². The molecule has 0 aromatic carbocycles. The number of hydrogen-bond acceptors (Lipinski definition) is 3. The van der Waals surface area contributed by atoms with E-state index in [9.17, 15) is 4.79 Å². The van der Waals surface area contributed by atoms with Gasteiger partial charge in [0.05, 0.1) is 5.39 Å². The van der Waals surface area contributed by atoms with Gasteiger partial charge in [0.2, 0.25) is 0 Å². The lowest BCUT2D eigenvalue weighted by Gasteiger charge is -2.15. The predicted molar refractivity (Wildman–Crippen MR) is 82.6 cm³/mol. The number of allylic oxidation sites excluding steroid dienone is 1. The standard InChI is InChI=1S/C15H17N3OS/c1-9(2)8-18-14(19)11-7-10-5-3-4-6-12(10)16-13(11)17-15(18)20/h7H,1,3-6,8H2,2H3,(H,16,17,20). The zero-order valence-electron chi connectivity index (χ0n) is 11.5. The molecule has 0 bridgehead atoms. The van der Waals surface area contributed by atoms with E-state index >= 15 is 0 Å². The van der Waals surface area contributed by atoms with Crippen LogP contribution in [0.25, 0.3) is 11.0 Å². The van der Waals surface area contributed by atoms with E-state index in [1.54, 1.807) is 4.57 Å². The summed E-state index contributed by atoms with van der Waals surface area (Å²) >= 11 is 5.27. The lowest BCUT2D eigenvalue weighted by molar-refractivity contribution is 0.668. The normalized spacial score (nSPS) is 14.2. The number of hydrogen-bond donors (Lipinski definition) is 1. The van der Waals surface area contributed by atoms with Crippen LogP contribution in [0.2, 0.25) is 0 Å². The Morgan fingerprint density at radius 2 is 2.25 bits per heavy atom. The van der Waals surface area contributed by atoms with Crippen LogP contribution < -0.4 is 5.56 Å². The maximum Gasteiger partial charge on any atom is 0.264 e. The number of aryl methyl sites for hydroxylation is 2. The summed E-state index contributed by atoms with van der Waals surface area (Å²) in [6.07, 6.45) is 4.33. The number of nitrogens with zero attached hydrogens (tertiary/aromatic N) is 2. The van der Waals surface area contributed by atoms with Gasteiger partial charge in [0.25, 0.3) is 5.56 Å². The minimum Gasteiger partial charge on any atom is -0.316 e. The van der Waals surface area contributed by atoms with Crippen LogP contribution in [0.15, 0.2) is 23.0 Å². The van der Waals surface area contributed by atoms with Crippen molar-refractivity contribution in [3.8, 4) is 0 Å². The summed E-state index contributed by atoms with van der Waals surface area (Å²) in [4.78, 5) is 20.2. The first-order valence-electron chi connectivity index (χ1n) is 6.86. The number of aromatic nitrogens is 3. The maximum atomic E-state index is 12.6. The number of aromatic amines is 1. The molecule has 0 saturated heterocycles. The molecule has 4 nitrogen and oxygen atoms in total. The average molecular weight is 287 g/mol. The van der Waals surface area contributed by atoms with Crippen LogP contribution >= 0.6 is 12.2 Å². The van der Waals surface area contributed by atoms with E-state index in [1.165, 1.54) is 18.4 Å². The molecule has 2 aromatic heterocycles. The van der Waals surface area contributed by atoms with Crippen LogP contribution in [0.1, 0.15) is 31.0 Å². The first-order valence-corrected chi connectivity index (χ1v) is 7.27. The molecule has 20 heavy (non-hydrogen) atoms. The predicted octanol–water partition coefficient (Wildman–Crippen LogP) is 2.91. The first kappa shape index (κ1) is 13.2. The summed E-state index contributed by atoms with van der Waals surface area (Å²) in [5.74, 6) is 0. The quantitative estimate of drug-likeness (QED) is 0.682. The Labute approximate surface area is 122 Å². The fourth-order valence-corrected chi connectivity index (χ4v) is 2.96. The molecule has 1 aliphatic rings. The summed E-state index contributed by atoms with van der Waals surface area (Å²) in [7, 11) is 0. The van der Waals surface area contributed by atoms with Crippen LogP contribution in [-0.4, -0.2) is 14.5 Å². The Morgan fingerprint density at radius 3 is 3.00 bits per heavy atom. The highest BCUT2D eigenvalue weighted by Crippen LogP contribution is 2.21. The summed E-state index contributed by atoms with van der Waals surface area (Å²) in [5, 5.41) is 0.625. The minimum absolute atomic E-state index is 0.0763. The van der Waals surface area contributed by atoms with E-state index in [0.29, 0.717) is 22.3 Å². The Kier molecular flexibility index (Phi) is 3.30. The third kappa shape index (κ3) is 2.22. The summed E-state index contributed by atoms with van der Waals surface area (Å²) in [6.45, 7) is 6.18. The lowest BCUT2D eigenvalue weighted by Crippen LogP contribution is -2.23. The Bertz CT molecular complexity index is 816. The maximum absolute atomic E-state index is 12.6. The van der Waals surface area contributed by atoms with Crippen molar-refractivity contribution >= 4 is 23.3 Å². The molecule has 0 atom stereocenters. The third-order valence-electron chi connectivity index (χ3n) is 3.67. The molecule has 0 radical (unpaired) electrons. The molecular weight excluding hydrogens is 270 g/mol. The van der Waals surface area contributed by atoms with E-state index in [2.05, 4.69) is 16.5 Å². The van der Waals surface area contributed by atoms with Gasteiger partial charge in [0.1, 0.15) is 5.65 Å². The second-order valence-corrected chi connectivity index (χ2v) is 5.86. The Morgan fingerprint density at radius 1 is 1.50 bits per heavy atom. The third-order valence-corrected chi connectivity index (χ3v) is 4.00. The fourth-order valence-electron chi connectivity index (χ4n) is 2.71. The molecule has 0 fully saturated rings. The molecule has 2 heterocycles. The van der Waals surface area contributed by atoms with Gasteiger partial charge in [0, 0.05) is 12.2 Å². The van der Waals surface area contributed by atoms with Crippen LogP contribution in [0.3, 0.4) is 0 Å². The van der Waals surface area contributed by atoms with E-state index in [0.717, 1.165) is 24.1 Å². The molecule has 104 valence electrons. The van der Waals surface area contributed by atoms with Crippen molar-refractivity contribution in [2.45, 2.75) is 39.2 Å². The number of fused-ring (bicyclic) bond motifs is 2. The zero-order valence-corrected chi connectivity index (χ0v) is 12.3. The summed E-state index contributed by atoms with van der Waals surface area (Å²) in [5.41, 5.74) is 3.74. The van der Waals surface area contributed by atoms with Crippen molar-refractivity contribution in [3.05, 3.63) is 44.6 Å². The van der Waals surface area contributed by atoms with Gasteiger partial charge in [-0.05, 0) is 56.5 Å². The van der Waals surface area contributed by atoms with Crippen LogP contribution in [-0.2, 0) is 19.4 Å². The van der Waals surface area contributed by atoms with Crippen molar-refractivity contribution < 1.29 is 0 Å². The summed E-state index contributed by atoms with van der Waals surface area (Å²) in [6, 6.07) is 1.99. The van der Waals surface area contributed by atoms with E-state index < -0.39 is 0 Å². The molecule has 2 aromatic rings. The molecule has 0 saturated carbocycles. The lowest BCUT2D eigenvalue weighted by atomic mass is 9.95. The summed E-state index contributed by atoms with van der Waals surface area (Å²) < 4.78 is 1.96. The van der Waals surface area contributed by atoms with Gasteiger partial charge in [-0.3, -0.25) is 9.36 Å². The Balaban J connectivity index is 2.29. The van der Waals surface area contributed by atoms with Gasteiger partial charge < -0.3 is 4.98 Å². The van der Waals surface area contributed by atoms with Crippen LogP contribution in [0, 0.1) is 4.77 Å². The molecule has 5 heteroatoms. The largest absolute Gasteiger partial charge is 0.316 e. The fraction of sp³-hybridized carbons (Fsp3) is 0.400. The molecule has 3 rings (SSSR count). The molecule has 0 aliphatic heterocycles. The minimum atomic E-state index is -0.0763. The molecule has 1 aliphatic carbocycles. The highest BCUT2D eigenvalue weighted by molar-refractivity contribution is 7.71. The average Bonchev–Trinajstić information content (AvgIpc) is 2.41. The monoisotopic (exact) mass is 287 g/mol. The smallest absolute Gasteiger partial charge is 0.264 e. The highest BCUT2D eigenvalue weighted by Gasteiger charge is 2.14. The van der Waals surface area contributed by atoms with Gasteiger partial charge in [0.15, 0.2) is 4.77 Å². The Hall–Kier alpha value is -1.75. The number of H-pyrrole nitrogens is 1. The van der Waals surface area contributed by atoms with Gasteiger partial charge in [-0.2, -0.15) is 0 Å². The number of rotatable bonds is 2. The van der Waals surface area contributed by atoms with Gasteiger partial charge in [-0.25, -0.2) is 4.98 Å². The van der Waals surface area contributed by atoms with Gasteiger partial charge in [-0.15, -0.1) is 0 Å². The van der Waals surface area contributed by atoms with Crippen molar-refractivity contribution in [3.63, 3.8) is 0 Å². The molecule has 0 unspecified atom stereocenters. The van der Waals surface area contributed by atoms with E-state index in [1.807, 2.05) is 13.0 Å². The van der Waals surface area contributed by atoms with E-state index in [-0.39, 0.29) is 5.56 Å². The molecule has 1 N–H and O–H groups in total. The second-order valence-electron chi connectivity index (χ2n) is 5.48. The van der Waals surface area contributed by atoms with E-state index in [4.69, 9.17) is 12.2 Å². The zero-order chi connectivity index (χ0) is 14.3. The molecule has 0 spiro atoms. The number of nitrogens with one attached hydrogen (secondary N) is 1. The second kappa shape index (κ2) is 4.98. The SMILES string of the molecule is C=C(C)Cn1c(=S)[nH]c2nc3c(cc2c1=O)CCCC3. The van der Waals surface area contributed by atoms with Crippen LogP contribution in [0.4, 0.5) is 0 Å². The van der Waals surface area contributed by atoms with Gasteiger partial charge >= 0.3 is 0 Å². The highest BCUT2D eigenvalue weighted by atomic mass is 32.1. The van der Waals surface area contributed by atoms with Crippen molar-refractivity contribution in [2.24, 2.45) is 0 Å².